The third-order valence-electron chi connectivity index (χ3n) is 2.35. The van der Waals surface area contributed by atoms with Crippen molar-refractivity contribution in [3.63, 3.8) is 0 Å². The molecule has 0 aliphatic rings. The van der Waals surface area contributed by atoms with Gasteiger partial charge in [-0.3, -0.25) is 0 Å². The molecule has 0 saturated carbocycles. The van der Waals surface area contributed by atoms with Crippen LogP contribution >= 0.6 is 0 Å². The van der Waals surface area contributed by atoms with Crippen molar-refractivity contribution in [3.05, 3.63) is 30.7 Å². The fourth-order valence-corrected chi connectivity index (χ4v) is 1.59. The normalized spacial score (nSPS) is 10.2. The average molecular weight is 236 g/mol. The predicted molar refractivity (Wildman–Crippen MR) is 69.1 cm³/mol. The number of rotatable bonds is 8. The second-order valence-corrected chi connectivity index (χ2v) is 3.63. The van der Waals surface area contributed by atoms with Crippen LogP contribution in [0.2, 0.25) is 0 Å². The SMILES string of the molecule is C=CCN(CCOC)c1ncncc1CNC. The number of hydrogen-bond donors (Lipinski definition) is 1. The van der Waals surface area contributed by atoms with Gasteiger partial charge in [0.05, 0.1) is 6.61 Å². The molecule has 94 valence electrons. The number of anilines is 1. The van der Waals surface area contributed by atoms with Gasteiger partial charge in [0.15, 0.2) is 0 Å². The fourth-order valence-electron chi connectivity index (χ4n) is 1.59. The molecule has 0 amide bonds. The molecule has 5 heteroatoms. The topological polar surface area (TPSA) is 50.3 Å². The summed E-state index contributed by atoms with van der Waals surface area (Å²) in [6, 6.07) is 0. The Kier molecular flexibility index (Phi) is 6.21. The predicted octanol–water partition coefficient (Wildman–Crippen LogP) is 0.835. The Hall–Kier alpha value is -1.46. The highest BCUT2D eigenvalue weighted by Gasteiger charge is 2.10. The summed E-state index contributed by atoms with van der Waals surface area (Å²) in [5.74, 6) is 0.936. The first-order chi connectivity index (χ1) is 8.33. The molecule has 0 saturated heterocycles. The van der Waals surface area contributed by atoms with Crippen molar-refractivity contribution >= 4 is 5.82 Å². The maximum absolute atomic E-state index is 5.10. The largest absolute Gasteiger partial charge is 0.383 e. The van der Waals surface area contributed by atoms with E-state index in [1.807, 2.05) is 19.3 Å². The number of ether oxygens (including phenoxy) is 1. The van der Waals surface area contributed by atoms with Gasteiger partial charge in [0.1, 0.15) is 12.1 Å². The van der Waals surface area contributed by atoms with Gasteiger partial charge in [0, 0.05) is 38.5 Å². The van der Waals surface area contributed by atoms with Crippen LogP contribution in [0.5, 0.6) is 0 Å². The van der Waals surface area contributed by atoms with Crippen LogP contribution < -0.4 is 10.2 Å². The summed E-state index contributed by atoms with van der Waals surface area (Å²) in [5.41, 5.74) is 1.08. The van der Waals surface area contributed by atoms with Gasteiger partial charge in [0.25, 0.3) is 0 Å². The first kappa shape index (κ1) is 13.6. The molecule has 1 aromatic heterocycles. The van der Waals surface area contributed by atoms with Crippen LogP contribution in [0.25, 0.3) is 0 Å². The quantitative estimate of drug-likeness (QED) is 0.678. The molecule has 0 aliphatic carbocycles. The van der Waals surface area contributed by atoms with Crippen LogP contribution in [0.4, 0.5) is 5.82 Å². The second kappa shape index (κ2) is 7.76. The van der Waals surface area contributed by atoms with E-state index in [9.17, 15) is 0 Å². The van der Waals surface area contributed by atoms with Crippen molar-refractivity contribution in [1.29, 1.82) is 0 Å². The highest BCUT2D eigenvalue weighted by atomic mass is 16.5. The number of aromatic nitrogens is 2. The van der Waals surface area contributed by atoms with E-state index in [4.69, 9.17) is 4.74 Å². The second-order valence-electron chi connectivity index (χ2n) is 3.63. The van der Waals surface area contributed by atoms with E-state index in [0.29, 0.717) is 6.61 Å². The molecule has 1 N–H and O–H groups in total. The number of methoxy groups -OCH3 is 1. The van der Waals surface area contributed by atoms with E-state index < -0.39 is 0 Å². The van der Waals surface area contributed by atoms with Crippen LogP contribution in [0.15, 0.2) is 25.2 Å². The average Bonchev–Trinajstić information content (AvgIpc) is 2.36. The van der Waals surface area contributed by atoms with Gasteiger partial charge in [0.2, 0.25) is 0 Å². The lowest BCUT2D eigenvalue weighted by Gasteiger charge is -2.23. The molecule has 0 unspecified atom stereocenters. The van der Waals surface area contributed by atoms with Crippen molar-refractivity contribution in [2.45, 2.75) is 6.54 Å². The van der Waals surface area contributed by atoms with Gasteiger partial charge in [-0.2, -0.15) is 0 Å². The first-order valence-electron chi connectivity index (χ1n) is 5.61. The van der Waals surface area contributed by atoms with Gasteiger partial charge in [-0.15, -0.1) is 6.58 Å². The van der Waals surface area contributed by atoms with Crippen molar-refractivity contribution < 1.29 is 4.74 Å². The summed E-state index contributed by atoms with van der Waals surface area (Å²) in [6.07, 6.45) is 5.26. The first-order valence-corrected chi connectivity index (χ1v) is 5.61. The molecule has 0 fully saturated rings. The molecule has 1 aromatic rings. The Morgan fingerprint density at radius 3 is 3.06 bits per heavy atom. The molecule has 0 bridgehead atoms. The van der Waals surface area contributed by atoms with E-state index >= 15 is 0 Å². The van der Waals surface area contributed by atoms with Crippen molar-refractivity contribution in [3.8, 4) is 0 Å². The lowest BCUT2D eigenvalue weighted by atomic mass is 10.2. The highest BCUT2D eigenvalue weighted by molar-refractivity contribution is 5.45. The molecule has 0 aliphatic heterocycles. The van der Waals surface area contributed by atoms with Crippen molar-refractivity contribution in [2.75, 3.05) is 38.8 Å². The van der Waals surface area contributed by atoms with E-state index in [0.717, 1.165) is 31.0 Å². The van der Waals surface area contributed by atoms with E-state index in [1.165, 1.54) is 0 Å². The van der Waals surface area contributed by atoms with Crippen LogP contribution in [-0.2, 0) is 11.3 Å². The third-order valence-corrected chi connectivity index (χ3v) is 2.35. The monoisotopic (exact) mass is 236 g/mol. The van der Waals surface area contributed by atoms with E-state index in [1.54, 1.807) is 13.4 Å². The molecule has 5 nitrogen and oxygen atoms in total. The summed E-state index contributed by atoms with van der Waals surface area (Å²) >= 11 is 0. The maximum atomic E-state index is 5.10. The summed E-state index contributed by atoms with van der Waals surface area (Å²) in [5, 5.41) is 3.11. The van der Waals surface area contributed by atoms with Crippen LogP contribution in [0, 0.1) is 0 Å². The fraction of sp³-hybridized carbons (Fsp3) is 0.500. The molecular formula is C12H20N4O. The highest BCUT2D eigenvalue weighted by Crippen LogP contribution is 2.15. The standard InChI is InChI=1S/C12H20N4O/c1-4-5-16(6-7-17-3)12-11(8-13-2)9-14-10-15-12/h4,9-10,13H,1,5-8H2,2-3H3. The van der Waals surface area contributed by atoms with Crippen molar-refractivity contribution in [2.24, 2.45) is 0 Å². The lowest BCUT2D eigenvalue weighted by molar-refractivity contribution is 0.205. The zero-order valence-corrected chi connectivity index (χ0v) is 10.5. The Morgan fingerprint density at radius 1 is 1.59 bits per heavy atom. The molecule has 0 aromatic carbocycles. The zero-order valence-electron chi connectivity index (χ0n) is 10.5. The Balaban J connectivity index is 2.86. The van der Waals surface area contributed by atoms with Crippen LogP contribution in [0.3, 0.4) is 0 Å². The number of hydrogen-bond acceptors (Lipinski definition) is 5. The summed E-state index contributed by atoms with van der Waals surface area (Å²) in [6.45, 7) is 6.71. The van der Waals surface area contributed by atoms with Gasteiger partial charge in [-0.1, -0.05) is 6.08 Å². The Bertz CT molecular complexity index is 343. The van der Waals surface area contributed by atoms with Crippen LogP contribution in [0.1, 0.15) is 5.56 Å². The van der Waals surface area contributed by atoms with Gasteiger partial charge in [-0.25, -0.2) is 9.97 Å². The summed E-state index contributed by atoms with van der Waals surface area (Å²) in [4.78, 5) is 10.5. The molecule has 1 rings (SSSR count). The maximum Gasteiger partial charge on any atom is 0.136 e. The summed E-state index contributed by atoms with van der Waals surface area (Å²) in [7, 11) is 3.60. The Morgan fingerprint density at radius 2 is 2.41 bits per heavy atom. The number of nitrogens with zero attached hydrogens (tertiary/aromatic N) is 3. The molecule has 0 radical (unpaired) electrons. The smallest absolute Gasteiger partial charge is 0.136 e. The third kappa shape index (κ3) is 4.13. The molecule has 0 spiro atoms. The van der Waals surface area contributed by atoms with Crippen LogP contribution in [-0.4, -0.2) is 43.8 Å². The van der Waals surface area contributed by atoms with Gasteiger partial charge < -0.3 is 15.0 Å². The minimum atomic E-state index is 0.664. The van der Waals surface area contributed by atoms with Gasteiger partial charge in [-0.05, 0) is 7.05 Å². The lowest BCUT2D eigenvalue weighted by Crippen LogP contribution is -2.29. The molecular weight excluding hydrogens is 216 g/mol. The van der Waals surface area contributed by atoms with Gasteiger partial charge >= 0.3 is 0 Å². The minimum Gasteiger partial charge on any atom is -0.383 e. The van der Waals surface area contributed by atoms with E-state index in [-0.39, 0.29) is 0 Å². The molecule has 0 atom stereocenters. The number of nitrogens with one attached hydrogen (secondary N) is 1. The molecule has 17 heavy (non-hydrogen) atoms. The summed E-state index contributed by atoms with van der Waals surface area (Å²) < 4.78 is 5.10. The minimum absolute atomic E-state index is 0.664. The zero-order chi connectivity index (χ0) is 12.5. The Labute approximate surface area is 103 Å². The molecule has 1 heterocycles. The van der Waals surface area contributed by atoms with Crippen molar-refractivity contribution in [1.82, 2.24) is 15.3 Å². The van der Waals surface area contributed by atoms with E-state index in [2.05, 4.69) is 26.8 Å².